The van der Waals surface area contributed by atoms with Crippen LogP contribution in [-0.2, 0) is 21.7 Å². The van der Waals surface area contributed by atoms with E-state index < -0.39 is 55.5 Å². The van der Waals surface area contributed by atoms with E-state index in [-0.39, 0.29) is 32.9 Å². The molecule has 0 unspecified atom stereocenters. The first-order chi connectivity index (χ1) is 23.9. The Kier molecular flexibility index (Phi) is 14.2. The number of hydrogen-bond acceptors (Lipinski definition) is 10. The van der Waals surface area contributed by atoms with Gasteiger partial charge < -0.3 is 18.8 Å². The molecule has 1 aliphatic rings. The number of alkyl halides is 10. The summed E-state index contributed by atoms with van der Waals surface area (Å²) in [6.45, 7) is 1.48. The van der Waals surface area contributed by atoms with Crippen molar-refractivity contribution in [2.45, 2.75) is 64.5 Å². The van der Waals surface area contributed by atoms with Crippen LogP contribution in [0.3, 0.4) is 0 Å². The van der Waals surface area contributed by atoms with Crippen LogP contribution in [0.5, 0.6) is 11.5 Å². The van der Waals surface area contributed by atoms with Gasteiger partial charge in [-0.3, -0.25) is 0 Å². The van der Waals surface area contributed by atoms with Crippen molar-refractivity contribution in [3.8, 4) is 22.6 Å². The molecule has 0 spiro atoms. The Morgan fingerprint density at radius 3 is 1.48 bits per heavy atom. The third-order valence-electron chi connectivity index (χ3n) is 6.72. The predicted molar refractivity (Wildman–Crippen MR) is 173 cm³/mol. The fourth-order valence-electron chi connectivity index (χ4n) is 3.61. The Morgan fingerprint density at radius 1 is 0.654 bits per heavy atom. The quantitative estimate of drug-likeness (QED) is 0.0808. The Labute approximate surface area is 311 Å². The highest BCUT2D eigenvalue weighted by Gasteiger charge is 2.52. The zero-order valence-corrected chi connectivity index (χ0v) is 30.3. The lowest BCUT2D eigenvalue weighted by Crippen LogP contribution is -2.41. The molecule has 4 aromatic rings. The normalized spacial score (nSPS) is 15.1. The van der Waals surface area contributed by atoms with Crippen LogP contribution in [0.15, 0.2) is 49.3 Å². The maximum Gasteiger partial charge on any atom is 0.498 e. The third kappa shape index (κ3) is 12.1. The van der Waals surface area contributed by atoms with Gasteiger partial charge in [-0.1, -0.05) is 23.2 Å². The largest absolute Gasteiger partial charge is 0.498 e. The van der Waals surface area contributed by atoms with E-state index in [1.165, 1.54) is 6.07 Å². The summed E-state index contributed by atoms with van der Waals surface area (Å²) in [5, 5.41) is 0.201. The molecule has 0 bridgehead atoms. The third-order valence-corrected chi connectivity index (χ3v) is 7.98. The first-order valence-electron chi connectivity index (χ1n) is 13.9. The molecule has 0 amide bonds. The van der Waals surface area contributed by atoms with E-state index in [2.05, 4.69) is 39.4 Å². The van der Waals surface area contributed by atoms with Gasteiger partial charge in [-0.25, -0.2) is 29.9 Å². The van der Waals surface area contributed by atoms with Crippen molar-refractivity contribution in [3.05, 3.63) is 74.8 Å². The molecule has 1 fully saturated rings. The van der Waals surface area contributed by atoms with Crippen molar-refractivity contribution < 1.29 is 62.7 Å². The first-order valence-corrected chi connectivity index (χ1v) is 15.7. The lowest BCUT2D eigenvalue weighted by molar-refractivity contribution is -0.145. The van der Waals surface area contributed by atoms with Crippen LogP contribution in [0.25, 0.3) is 11.1 Å². The summed E-state index contributed by atoms with van der Waals surface area (Å²) in [7, 11) is -0.757. The van der Waals surface area contributed by atoms with Crippen LogP contribution in [-0.4, -0.2) is 61.4 Å². The SMILES string of the molecule is CC1(C)OB(c2cnc(C(F)(F)F)nc2)OC1(C)C.FC(F)Oc1cnc(Cl)cc1-c1cnc(C(F)(F)F)nc1.FC(F)Oc1cnc(Cl)cc1I. The van der Waals surface area contributed by atoms with E-state index in [0.29, 0.717) is 9.03 Å². The average Bonchev–Trinajstić information content (AvgIpc) is 3.25. The van der Waals surface area contributed by atoms with Crippen LogP contribution < -0.4 is 14.9 Å². The monoisotopic (exact) mass is 904 g/mol. The fraction of sp³-hybridized carbons (Fsp3) is 0.357. The molecule has 0 N–H and O–H groups in total. The molecule has 0 aromatic carbocycles. The Bertz CT molecular complexity index is 1780. The summed E-state index contributed by atoms with van der Waals surface area (Å²) in [4.78, 5) is 20.0. The number of halogens is 13. The standard InChI is InChI=1S/C11H14BF3N2O2.C11H5ClF5N3O.C6H3ClF2INO/c1-9(2)10(3,4)19-12(18-9)7-5-16-8(17-6-7)11(13,14)15;12-8-1-6(7(4-18-8)21-10(13)14)5-2-19-9(20-3-5)11(15,16)17;7-5-1-3(10)4(2-11-5)12-6(8)9/h5-6H,1-4H3;1-4,10H;1-2,6H. The maximum atomic E-state index is 12.4. The molecule has 0 aliphatic carbocycles. The number of ether oxygens (including phenoxy) is 2. The topological polar surface area (TPSA) is 114 Å². The molecule has 10 nitrogen and oxygen atoms in total. The predicted octanol–water partition coefficient (Wildman–Crippen LogP) is 8.55. The molecule has 0 saturated carbocycles. The number of hydrogen-bond donors (Lipinski definition) is 0. The van der Waals surface area contributed by atoms with Crippen LogP contribution in [0.2, 0.25) is 10.3 Å². The number of pyridine rings is 2. The Morgan fingerprint density at radius 2 is 1.06 bits per heavy atom. The lowest BCUT2D eigenvalue weighted by atomic mass is 9.81. The Hall–Kier alpha value is -3.35. The summed E-state index contributed by atoms with van der Waals surface area (Å²) in [6, 6.07) is 2.60. The fourth-order valence-corrected chi connectivity index (χ4v) is 4.67. The molecule has 5 rings (SSSR count). The second-order valence-corrected chi connectivity index (χ2v) is 12.9. The average molecular weight is 905 g/mol. The highest BCUT2D eigenvalue weighted by molar-refractivity contribution is 14.1. The molecule has 0 atom stereocenters. The maximum absolute atomic E-state index is 12.4. The van der Waals surface area contributed by atoms with Crippen molar-refractivity contribution in [1.82, 2.24) is 29.9 Å². The van der Waals surface area contributed by atoms with Crippen molar-refractivity contribution in [3.63, 3.8) is 0 Å². The highest BCUT2D eigenvalue weighted by atomic mass is 127. The molecule has 52 heavy (non-hydrogen) atoms. The van der Waals surface area contributed by atoms with Crippen LogP contribution in [0, 0.1) is 3.57 Å². The number of nitrogens with zero attached hydrogens (tertiary/aromatic N) is 6. The minimum absolute atomic E-state index is 0.00373. The smallest absolute Gasteiger partial charge is 0.433 e. The minimum Gasteiger partial charge on any atom is -0.433 e. The van der Waals surface area contributed by atoms with Crippen LogP contribution >= 0.6 is 45.8 Å². The summed E-state index contributed by atoms with van der Waals surface area (Å²) >= 11 is 13.0. The second kappa shape index (κ2) is 17.2. The van der Waals surface area contributed by atoms with Gasteiger partial charge in [0.15, 0.2) is 11.5 Å². The van der Waals surface area contributed by atoms with E-state index in [1.54, 1.807) is 0 Å². The summed E-state index contributed by atoms with van der Waals surface area (Å²) in [5.74, 6) is -2.83. The van der Waals surface area contributed by atoms with Crippen molar-refractivity contribution in [1.29, 1.82) is 0 Å². The zero-order valence-electron chi connectivity index (χ0n) is 26.6. The minimum atomic E-state index is -4.70. The molecule has 5 heterocycles. The van der Waals surface area contributed by atoms with Crippen molar-refractivity contribution in [2.24, 2.45) is 0 Å². The summed E-state index contributed by atoms with van der Waals surface area (Å²) in [6.07, 6.45) is -3.32. The molecule has 1 aliphatic heterocycles. The summed E-state index contributed by atoms with van der Waals surface area (Å²) in [5.41, 5.74) is -0.709. The van der Waals surface area contributed by atoms with Gasteiger partial charge >= 0.3 is 32.7 Å². The molecule has 4 aromatic heterocycles. The number of aromatic nitrogens is 6. The zero-order chi connectivity index (χ0) is 39.2. The van der Waals surface area contributed by atoms with Crippen LogP contribution in [0.1, 0.15) is 39.3 Å². The van der Waals surface area contributed by atoms with E-state index in [1.807, 2.05) is 50.3 Å². The van der Waals surface area contributed by atoms with E-state index in [9.17, 15) is 43.9 Å². The van der Waals surface area contributed by atoms with E-state index in [4.69, 9.17) is 32.5 Å². The van der Waals surface area contributed by atoms with Gasteiger partial charge in [0.05, 0.1) is 27.2 Å². The van der Waals surface area contributed by atoms with Gasteiger partial charge in [0.2, 0.25) is 11.6 Å². The molecular formula is C28H22BCl2F10IN6O4. The van der Waals surface area contributed by atoms with Gasteiger partial charge in [0, 0.05) is 41.4 Å². The second-order valence-electron chi connectivity index (χ2n) is 10.9. The highest BCUT2D eigenvalue weighted by Crippen LogP contribution is 2.37. The van der Waals surface area contributed by atoms with Gasteiger partial charge in [-0.2, -0.15) is 43.9 Å². The van der Waals surface area contributed by atoms with Gasteiger partial charge in [0.25, 0.3) is 0 Å². The molecule has 282 valence electrons. The molecule has 1 saturated heterocycles. The van der Waals surface area contributed by atoms with Crippen molar-refractivity contribution in [2.75, 3.05) is 0 Å². The van der Waals surface area contributed by atoms with Gasteiger partial charge in [-0.15, -0.1) is 0 Å². The lowest BCUT2D eigenvalue weighted by Gasteiger charge is -2.32. The molecule has 24 heteroatoms. The summed E-state index contributed by atoms with van der Waals surface area (Å²) < 4.78 is 142. The van der Waals surface area contributed by atoms with E-state index >= 15 is 0 Å². The van der Waals surface area contributed by atoms with Gasteiger partial charge in [0.1, 0.15) is 10.3 Å². The van der Waals surface area contributed by atoms with E-state index in [0.717, 1.165) is 43.2 Å². The molecular weight excluding hydrogens is 883 g/mol. The first kappa shape index (κ1) is 43.1. The van der Waals surface area contributed by atoms with Crippen LogP contribution in [0.4, 0.5) is 43.9 Å². The van der Waals surface area contributed by atoms with Crippen molar-refractivity contribution >= 4 is 58.4 Å². The number of rotatable bonds is 6. The van der Waals surface area contributed by atoms with Gasteiger partial charge in [-0.05, 0) is 62.4 Å². The molecule has 0 radical (unpaired) electrons. The Balaban J connectivity index is 0.000000218.